The van der Waals surface area contributed by atoms with E-state index in [-0.39, 0.29) is 24.9 Å². The van der Waals surface area contributed by atoms with Gasteiger partial charge in [-0.2, -0.15) is 0 Å². The van der Waals surface area contributed by atoms with E-state index in [4.69, 9.17) is 4.74 Å². The van der Waals surface area contributed by atoms with Gasteiger partial charge in [-0.05, 0) is 77.0 Å². The van der Waals surface area contributed by atoms with Gasteiger partial charge in [-0.15, -0.1) is 0 Å². The number of rotatable bonds is 45. The summed E-state index contributed by atoms with van der Waals surface area (Å²) in [6, 6.07) is -0.703. The Morgan fingerprint density at radius 1 is 0.491 bits per heavy atom. The quantitative estimate of drug-likeness (QED) is 0.0324. The van der Waals surface area contributed by atoms with Gasteiger partial charge in [0.1, 0.15) is 6.10 Å². The van der Waals surface area contributed by atoms with Crippen LogP contribution in [0.5, 0.6) is 0 Å². The van der Waals surface area contributed by atoms with Gasteiger partial charge in [-0.1, -0.05) is 199 Å². The van der Waals surface area contributed by atoms with E-state index in [1.807, 2.05) is 0 Å². The lowest BCUT2D eigenvalue weighted by molar-refractivity contribution is -0.151. The molecule has 0 saturated carbocycles. The zero-order valence-electron chi connectivity index (χ0n) is 38.2. The Morgan fingerprint density at radius 2 is 0.842 bits per heavy atom. The summed E-state index contributed by atoms with van der Waals surface area (Å²) in [4.78, 5) is 26.0. The largest absolute Gasteiger partial charge is 0.462 e. The van der Waals surface area contributed by atoms with Crippen LogP contribution in [0.2, 0.25) is 0 Å². The first kappa shape index (κ1) is 55.3. The topological polar surface area (TPSA) is 95.9 Å². The summed E-state index contributed by atoms with van der Waals surface area (Å²) in [5.74, 6) is -0.493. The summed E-state index contributed by atoms with van der Waals surface area (Å²) in [5, 5.41) is 23.7. The van der Waals surface area contributed by atoms with Crippen molar-refractivity contribution in [3.63, 3.8) is 0 Å². The Morgan fingerprint density at radius 3 is 1.30 bits per heavy atom. The second-order valence-corrected chi connectivity index (χ2v) is 17.2. The Kier molecular flexibility index (Phi) is 44.1. The number of ether oxygens (including phenoxy) is 1. The molecule has 0 radical (unpaired) electrons. The summed E-state index contributed by atoms with van der Waals surface area (Å²) in [5.41, 5.74) is 0. The zero-order chi connectivity index (χ0) is 41.7. The van der Waals surface area contributed by atoms with Crippen molar-refractivity contribution in [1.29, 1.82) is 0 Å². The van der Waals surface area contributed by atoms with E-state index in [0.29, 0.717) is 19.3 Å². The third-order valence-electron chi connectivity index (χ3n) is 11.5. The molecule has 0 aromatic rings. The number of aliphatic hydroxyl groups is 2. The van der Waals surface area contributed by atoms with Crippen LogP contribution in [0.3, 0.4) is 0 Å². The summed E-state index contributed by atoms with van der Waals surface area (Å²) in [7, 11) is 0. The van der Waals surface area contributed by atoms with Gasteiger partial charge in [0.15, 0.2) is 0 Å². The van der Waals surface area contributed by atoms with Gasteiger partial charge in [0, 0.05) is 6.42 Å². The van der Waals surface area contributed by atoms with Crippen molar-refractivity contribution < 1.29 is 24.5 Å². The summed E-state index contributed by atoms with van der Waals surface area (Å²) in [6.07, 6.45) is 51.0. The fraction of sp³-hybridized carbons (Fsp3) is 0.882. The standard InChI is InChI=1S/C51H97NO5/c1-4-7-10-13-16-19-22-24-25-26-27-28-31-34-37-40-43-49(54)48(46-53)52-50(55)45-47(42-39-36-33-30-21-18-15-12-9-6-3)57-51(56)44-41-38-35-32-29-23-20-17-14-11-8-5-2/h17-18,20-21,47-49,53-54H,4-16,19,22-46H2,1-3H3,(H,52,55)/b20-17-,21-18-. The average molecular weight is 804 g/mol. The van der Waals surface area contributed by atoms with E-state index in [9.17, 15) is 19.8 Å². The number of carbonyl (C=O) groups excluding carboxylic acids is 2. The SMILES string of the molecule is CCCCC/C=C\CCCCCCCC(=O)OC(CCCCC/C=C\CCCCC)CC(=O)NC(CO)C(O)CCCCCCCCCCCCCCCCCC. The normalized spacial score (nSPS) is 13.4. The van der Waals surface area contributed by atoms with Crippen molar-refractivity contribution in [3.8, 4) is 0 Å². The van der Waals surface area contributed by atoms with E-state index in [0.717, 1.165) is 70.6 Å². The molecule has 0 aromatic heterocycles. The molecule has 0 aliphatic carbocycles. The van der Waals surface area contributed by atoms with Crippen LogP contribution >= 0.6 is 0 Å². The molecule has 3 N–H and O–H groups in total. The fourth-order valence-electron chi connectivity index (χ4n) is 7.65. The highest BCUT2D eigenvalue weighted by Gasteiger charge is 2.24. The lowest BCUT2D eigenvalue weighted by Crippen LogP contribution is -2.46. The van der Waals surface area contributed by atoms with Gasteiger partial charge in [-0.3, -0.25) is 9.59 Å². The van der Waals surface area contributed by atoms with E-state index in [1.54, 1.807) is 0 Å². The smallest absolute Gasteiger partial charge is 0.306 e. The second-order valence-electron chi connectivity index (χ2n) is 17.2. The zero-order valence-corrected chi connectivity index (χ0v) is 38.2. The van der Waals surface area contributed by atoms with Gasteiger partial charge < -0.3 is 20.3 Å². The molecule has 3 unspecified atom stereocenters. The Hall–Kier alpha value is -1.66. The third kappa shape index (κ3) is 40.9. The van der Waals surface area contributed by atoms with Crippen molar-refractivity contribution in [3.05, 3.63) is 24.3 Å². The van der Waals surface area contributed by atoms with Crippen LogP contribution in [-0.2, 0) is 14.3 Å². The number of allylic oxidation sites excluding steroid dienone is 4. The number of amides is 1. The monoisotopic (exact) mass is 804 g/mol. The number of hydrogen-bond acceptors (Lipinski definition) is 5. The lowest BCUT2D eigenvalue weighted by Gasteiger charge is -2.24. The lowest BCUT2D eigenvalue weighted by atomic mass is 10.0. The molecule has 0 fully saturated rings. The molecule has 0 saturated heterocycles. The Bertz CT molecular complexity index is 904. The molecular formula is C51H97NO5. The molecule has 0 aliphatic rings. The molecule has 336 valence electrons. The van der Waals surface area contributed by atoms with Crippen molar-refractivity contribution >= 4 is 11.9 Å². The highest BCUT2D eigenvalue weighted by molar-refractivity contribution is 5.77. The number of hydrogen-bond donors (Lipinski definition) is 3. The van der Waals surface area contributed by atoms with Crippen molar-refractivity contribution in [2.75, 3.05) is 6.61 Å². The van der Waals surface area contributed by atoms with E-state index in [2.05, 4.69) is 50.4 Å². The van der Waals surface area contributed by atoms with Gasteiger partial charge >= 0.3 is 5.97 Å². The molecule has 0 aromatic carbocycles. The highest BCUT2D eigenvalue weighted by Crippen LogP contribution is 2.18. The molecule has 1 amide bonds. The molecule has 0 rings (SSSR count). The summed E-state index contributed by atoms with van der Waals surface area (Å²) in [6.45, 7) is 6.44. The molecule has 0 bridgehead atoms. The van der Waals surface area contributed by atoms with Crippen molar-refractivity contribution in [2.24, 2.45) is 0 Å². The van der Waals surface area contributed by atoms with Crippen LogP contribution in [0.1, 0.15) is 265 Å². The number of carbonyl (C=O) groups is 2. The van der Waals surface area contributed by atoms with Crippen LogP contribution in [0, 0.1) is 0 Å². The fourth-order valence-corrected chi connectivity index (χ4v) is 7.65. The summed E-state index contributed by atoms with van der Waals surface area (Å²) >= 11 is 0. The first-order valence-corrected chi connectivity index (χ1v) is 25.1. The Balaban J connectivity index is 4.47. The van der Waals surface area contributed by atoms with Crippen LogP contribution < -0.4 is 5.32 Å². The molecule has 0 spiro atoms. The second kappa shape index (κ2) is 45.4. The predicted octanol–water partition coefficient (Wildman–Crippen LogP) is 14.7. The van der Waals surface area contributed by atoms with Crippen LogP contribution in [0.25, 0.3) is 0 Å². The predicted molar refractivity (Wildman–Crippen MR) is 246 cm³/mol. The minimum Gasteiger partial charge on any atom is -0.462 e. The molecule has 6 heteroatoms. The average Bonchev–Trinajstić information content (AvgIpc) is 3.20. The first-order valence-electron chi connectivity index (χ1n) is 25.1. The first-order chi connectivity index (χ1) is 28.0. The van der Waals surface area contributed by atoms with Gasteiger partial charge in [0.05, 0.1) is 25.2 Å². The van der Waals surface area contributed by atoms with Crippen molar-refractivity contribution in [2.45, 2.75) is 283 Å². The number of aliphatic hydroxyl groups excluding tert-OH is 2. The minimum atomic E-state index is -0.788. The summed E-state index contributed by atoms with van der Waals surface area (Å²) < 4.78 is 5.90. The highest BCUT2D eigenvalue weighted by atomic mass is 16.5. The maximum atomic E-state index is 13.1. The Labute approximate surface area is 354 Å². The molecule has 0 heterocycles. The number of esters is 1. The van der Waals surface area contributed by atoms with Crippen LogP contribution in [0.4, 0.5) is 0 Å². The maximum absolute atomic E-state index is 13.1. The van der Waals surface area contributed by atoms with Gasteiger partial charge in [0.25, 0.3) is 0 Å². The van der Waals surface area contributed by atoms with E-state index in [1.165, 1.54) is 148 Å². The number of nitrogens with one attached hydrogen (secondary N) is 1. The third-order valence-corrected chi connectivity index (χ3v) is 11.5. The van der Waals surface area contributed by atoms with Crippen LogP contribution in [-0.4, -0.2) is 46.9 Å². The molecule has 3 atom stereocenters. The van der Waals surface area contributed by atoms with Crippen molar-refractivity contribution in [1.82, 2.24) is 5.32 Å². The number of unbranched alkanes of at least 4 members (excludes halogenated alkanes) is 29. The molecule has 6 nitrogen and oxygen atoms in total. The van der Waals surface area contributed by atoms with E-state index >= 15 is 0 Å². The minimum absolute atomic E-state index is 0.0668. The van der Waals surface area contributed by atoms with Crippen LogP contribution in [0.15, 0.2) is 24.3 Å². The molecule has 57 heavy (non-hydrogen) atoms. The van der Waals surface area contributed by atoms with E-state index < -0.39 is 18.2 Å². The van der Waals surface area contributed by atoms with Gasteiger partial charge in [-0.25, -0.2) is 0 Å². The molecular weight excluding hydrogens is 707 g/mol. The van der Waals surface area contributed by atoms with Gasteiger partial charge in [0.2, 0.25) is 5.91 Å². The maximum Gasteiger partial charge on any atom is 0.306 e. The molecule has 0 aliphatic heterocycles.